The van der Waals surface area contributed by atoms with Gasteiger partial charge in [0, 0.05) is 19.3 Å². The number of aromatic nitrogens is 1. The molecule has 0 saturated heterocycles. The summed E-state index contributed by atoms with van der Waals surface area (Å²) in [5, 5.41) is 14.8. The Balaban J connectivity index is 2.56. The van der Waals surface area contributed by atoms with E-state index in [9.17, 15) is 9.90 Å². The molecule has 0 unspecified atom stereocenters. The van der Waals surface area contributed by atoms with Gasteiger partial charge in [-0.25, -0.2) is 4.98 Å². The average molecular weight is 195 g/mol. The smallest absolute Gasteiger partial charge is 0.273 e. The van der Waals surface area contributed by atoms with Crippen molar-refractivity contribution in [3.8, 4) is 5.75 Å². The minimum absolute atomic E-state index is 0.0589. The molecule has 0 radical (unpaired) electrons. The highest BCUT2D eigenvalue weighted by molar-refractivity contribution is 5.94. The molecule has 3 N–H and O–H groups in total. The predicted octanol–water partition coefficient (Wildman–Crippen LogP) is -0.264. The molecular weight excluding hydrogens is 182 g/mol. The Labute approximate surface area is 82.2 Å². The summed E-state index contributed by atoms with van der Waals surface area (Å²) in [6, 6.07) is 3.00. The largest absolute Gasteiger partial charge is 0.505 e. The third kappa shape index (κ3) is 2.70. The number of nitrogens with one attached hydrogen (secondary N) is 2. The molecule has 0 bridgehead atoms. The van der Waals surface area contributed by atoms with E-state index in [1.54, 1.807) is 13.1 Å². The summed E-state index contributed by atoms with van der Waals surface area (Å²) in [7, 11) is 1.80. The Morgan fingerprint density at radius 1 is 1.57 bits per heavy atom. The fraction of sp³-hybridized carbons (Fsp3) is 0.333. The maximum Gasteiger partial charge on any atom is 0.273 e. The van der Waals surface area contributed by atoms with Crippen LogP contribution in [0.5, 0.6) is 5.75 Å². The van der Waals surface area contributed by atoms with Gasteiger partial charge in [-0.2, -0.15) is 0 Å². The second-order valence-corrected chi connectivity index (χ2v) is 2.73. The van der Waals surface area contributed by atoms with Crippen molar-refractivity contribution >= 4 is 5.91 Å². The second kappa shape index (κ2) is 5.18. The number of aromatic hydroxyl groups is 1. The van der Waals surface area contributed by atoms with Gasteiger partial charge in [-0.3, -0.25) is 4.79 Å². The third-order valence-electron chi connectivity index (χ3n) is 1.66. The minimum Gasteiger partial charge on any atom is -0.505 e. The van der Waals surface area contributed by atoms with Crippen LogP contribution in [0.15, 0.2) is 18.3 Å². The van der Waals surface area contributed by atoms with Gasteiger partial charge in [-0.1, -0.05) is 0 Å². The first-order valence-corrected chi connectivity index (χ1v) is 4.32. The number of carbonyl (C=O) groups is 1. The van der Waals surface area contributed by atoms with Gasteiger partial charge in [0.1, 0.15) is 5.75 Å². The van der Waals surface area contributed by atoms with Crippen molar-refractivity contribution in [2.24, 2.45) is 0 Å². The van der Waals surface area contributed by atoms with Gasteiger partial charge in [0.2, 0.25) is 0 Å². The van der Waals surface area contributed by atoms with Crippen molar-refractivity contribution in [3.05, 3.63) is 24.0 Å². The molecule has 0 atom stereocenters. The molecule has 14 heavy (non-hydrogen) atoms. The van der Waals surface area contributed by atoms with E-state index >= 15 is 0 Å². The number of hydrogen-bond acceptors (Lipinski definition) is 4. The van der Waals surface area contributed by atoms with E-state index in [-0.39, 0.29) is 17.4 Å². The minimum atomic E-state index is -0.363. The molecule has 1 rings (SSSR count). The van der Waals surface area contributed by atoms with Crippen LogP contribution in [0.2, 0.25) is 0 Å². The summed E-state index contributed by atoms with van der Waals surface area (Å²) in [6.45, 7) is 1.19. The van der Waals surface area contributed by atoms with Crippen molar-refractivity contribution < 1.29 is 9.90 Å². The fourth-order valence-electron chi connectivity index (χ4n) is 0.957. The number of carbonyl (C=O) groups excluding carboxylic acids is 1. The van der Waals surface area contributed by atoms with Crippen LogP contribution >= 0.6 is 0 Å². The highest BCUT2D eigenvalue weighted by Crippen LogP contribution is 2.11. The average Bonchev–Trinajstić information content (AvgIpc) is 2.18. The van der Waals surface area contributed by atoms with Crippen LogP contribution in [0, 0.1) is 0 Å². The molecule has 0 spiro atoms. The number of rotatable bonds is 4. The molecule has 5 heteroatoms. The number of pyridine rings is 1. The zero-order chi connectivity index (χ0) is 10.4. The van der Waals surface area contributed by atoms with E-state index in [1.807, 2.05) is 0 Å². The second-order valence-electron chi connectivity index (χ2n) is 2.73. The van der Waals surface area contributed by atoms with Gasteiger partial charge < -0.3 is 15.7 Å². The van der Waals surface area contributed by atoms with E-state index in [0.717, 1.165) is 0 Å². The van der Waals surface area contributed by atoms with Crippen LogP contribution in [0.3, 0.4) is 0 Å². The topological polar surface area (TPSA) is 74.2 Å². The standard InChI is InChI=1S/C9H13N3O2/c1-10-5-6-12-9(14)8-7(13)3-2-4-11-8/h2-4,10,13H,5-6H2,1H3,(H,12,14). The van der Waals surface area contributed by atoms with Crippen LogP contribution < -0.4 is 10.6 Å². The van der Waals surface area contributed by atoms with E-state index < -0.39 is 0 Å². The van der Waals surface area contributed by atoms with Crippen LogP contribution in [0.25, 0.3) is 0 Å². The molecule has 0 aromatic carbocycles. The Hall–Kier alpha value is -1.62. The van der Waals surface area contributed by atoms with Crippen molar-refractivity contribution in [1.82, 2.24) is 15.6 Å². The summed E-state index contributed by atoms with van der Waals surface area (Å²) in [5.41, 5.74) is 0.0589. The van der Waals surface area contributed by atoms with E-state index in [4.69, 9.17) is 0 Å². The summed E-state index contributed by atoms with van der Waals surface area (Å²) >= 11 is 0. The molecule has 5 nitrogen and oxygen atoms in total. The molecule has 0 aliphatic carbocycles. The molecule has 1 heterocycles. The molecule has 0 aliphatic rings. The number of nitrogens with zero attached hydrogens (tertiary/aromatic N) is 1. The first-order chi connectivity index (χ1) is 6.75. The van der Waals surface area contributed by atoms with Crippen LogP contribution in [-0.2, 0) is 0 Å². The molecular formula is C9H13N3O2. The highest BCUT2D eigenvalue weighted by Gasteiger charge is 2.10. The van der Waals surface area contributed by atoms with Gasteiger partial charge in [0.15, 0.2) is 5.69 Å². The summed E-state index contributed by atoms with van der Waals surface area (Å²) < 4.78 is 0. The Morgan fingerprint density at radius 2 is 2.36 bits per heavy atom. The van der Waals surface area contributed by atoms with Gasteiger partial charge in [0.25, 0.3) is 5.91 Å². The zero-order valence-electron chi connectivity index (χ0n) is 7.95. The molecule has 0 saturated carbocycles. The lowest BCUT2D eigenvalue weighted by Gasteiger charge is -2.04. The van der Waals surface area contributed by atoms with Gasteiger partial charge >= 0.3 is 0 Å². The lowest BCUT2D eigenvalue weighted by atomic mass is 10.3. The lowest BCUT2D eigenvalue weighted by molar-refractivity contribution is 0.0946. The Morgan fingerprint density at radius 3 is 3.00 bits per heavy atom. The Kier molecular flexibility index (Phi) is 3.87. The third-order valence-corrected chi connectivity index (χ3v) is 1.66. The SMILES string of the molecule is CNCCNC(=O)c1ncccc1O. The fourth-order valence-corrected chi connectivity index (χ4v) is 0.957. The van der Waals surface area contributed by atoms with Crippen molar-refractivity contribution in [3.63, 3.8) is 0 Å². The molecule has 76 valence electrons. The highest BCUT2D eigenvalue weighted by atomic mass is 16.3. The lowest BCUT2D eigenvalue weighted by Crippen LogP contribution is -2.30. The number of amides is 1. The molecule has 0 fully saturated rings. The summed E-state index contributed by atoms with van der Waals surface area (Å²) in [5.74, 6) is -0.465. The maximum atomic E-state index is 11.4. The first kappa shape index (κ1) is 10.5. The van der Waals surface area contributed by atoms with Crippen LogP contribution in [-0.4, -0.2) is 36.1 Å². The zero-order valence-corrected chi connectivity index (χ0v) is 7.95. The van der Waals surface area contributed by atoms with E-state index in [2.05, 4.69) is 15.6 Å². The van der Waals surface area contributed by atoms with E-state index in [1.165, 1.54) is 12.3 Å². The number of likely N-dealkylation sites (N-methyl/N-ethyl adjacent to an activating group) is 1. The predicted molar refractivity (Wildman–Crippen MR) is 52.2 cm³/mol. The molecule has 0 aliphatic heterocycles. The number of hydrogen-bond donors (Lipinski definition) is 3. The quantitative estimate of drug-likeness (QED) is 0.578. The molecule has 1 amide bonds. The van der Waals surface area contributed by atoms with Crippen molar-refractivity contribution in [2.75, 3.05) is 20.1 Å². The van der Waals surface area contributed by atoms with Crippen molar-refractivity contribution in [2.45, 2.75) is 0 Å². The molecule has 1 aromatic heterocycles. The normalized spacial score (nSPS) is 9.79. The van der Waals surface area contributed by atoms with Crippen LogP contribution in [0.4, 0.5) is 0 Å². The summed E-state index contributed by atoms with van der Waals surface area (Å²) in [4.78, 5) is 15.2. The van der Waals surface area contributed by atoms with E-state index in [0.29, 0.717) is 13.1 Å². The maximum absolute atomic E-state index is 11.4. The monoisotopic (exact) mass is 195 g/mol. The first-order valence-electron chi connectivity index (χ1n) is 4.32. The van der Waals surface area contributed by atoms with Crippen LogP contribution in [0.1, 0.15) is 10.5 Å². The van der Waals surface area contributed by atoms with Gasteiger partial charge in [-0.15, -0.1) is 0 Å². The van der Waals surface area contributed by atoms with Crippen molar-refractivity contribution in [1.29, 1.82) is 0 Å². The summed E-state index contributed by atoms with van der Waals surface area (Å²) in [6.07, 6.45) is 1.46. The Bertz CT molecular complexity index is 315. The van der Waals surface area contributed by atoms with Gasteiger partial charge in [-0.05, 0) is 19.2 Å². The van der Waals surface area contributed by atoms with Gasteiger partial charge in [0.05, 0.1) is 0 Å². The molecule has 1 aromatic rings.